The Morgan fingerprint density at radius 3 is 2.25 bits per heavy atom. The van der Waals surface area contributed by atoms with Crippen molar-refractivity contribution in [3.05, 3.63) is 11.8 Å². The van der Waals surface area contributed by atoms with E-state index in [1.165, 1.54) is 5.70 Å². The lowest BCUT2D eigenvalue weighted by atomic mass is 10.1. The molecule has 1 aliphatic heterocycles. The Kier molecular flexibility index (Phi) is 2.27. The second-order valence-electron chi connectivity index (χ2n) is 4.18. The Balaban J connectivity index is 2.93. The first-order valence-corrected chi connectivity index (χ1v) is 4.45. The first-order valence-electron chi connectivity index (χ1n) is 4.45. The smallest absolute Gasteiger partial charge is 0.227 e. The Hall–Kier alpha value is -0.790. The summed E-state index contributed by atoms with van der Waals surface area (Å²) in [5, 5.41) is 0. The van der Waals surface area contributed by atoms with Crippen molar-refractivity contribution in [3.63, 3.8) is 0 Å². The third kappa shape index (κ3) is 1.52. The molecule has 0 radical (unpaired) electrons. The summed E-state index contributed by atoms with van der Waals surface area (Å²) in [6.45, 7) is 8.20. The molecule has 0 saturated carbocycles. The van der Waals surface area contributed by atoms with Crippen LogP contribution in [0.1, 0.15) is 40.5 Å². The zero-order valence-electron chi connectivity index (χ0n) is 8.35. The molecule has 1 amide bonds. The minimum atomic E-state index is -0.0601. The molecule has 0 aliphatic carbocycles. The maximum absolute atomic E-state index is 11.5. The van der Waals surface area contributed by atoms with Gasteiger partial charge in [0.05, 0.1) is 0 Å². The zero-order valence-corrected chi connectivity index (χ0v) is 8.35. The summed E-state index contributed by atoms with van der Waals surface area (Å²) < 4.78 is 0. The third-order valence-electron chi connectivity index (χ3n) is 2.14. The number of likely N-dealkylation sites (tertiary alicyclic amines) is 1. The van der Waals surface area contributed by atoms with Crippen LogP contribution in [0.5, 0.6) is 0 Å². The number of carbonyl (C=O) groups excluding carboxylic acids is 1. The largest absolute Gasteiger partial charge is 0.311 e. The fraction of sp³-hybridized carbons (Fsp3) is 0.700. The van der Waals surface area contributed by atoms with Gasteiger partial charge < -0.3 is 4.90 Å². The molecule has 0 aromatic carbocycles. The molecular formula is C10H17NO. The molecule has 0 aromatic rings. The molecule has 0 spiro atoms. The number of amides is 1. The number of carbonyl (C=O) groups is 1. The number of nitrogens with zero attached hydrogens (tertiary/aromatic N) is 1. The van der Waals surface area contributed by atoms with Crippen molar-refractivity contribution >= 4 is 5.91 Å². The lowest BCUT2D eigenvalue weighted by Crippen LogP contribution is -2.40. The molecule has 0 aromatic heterocycles. The molecule has 12 heavy (non-hydrogen) atoms. The average molecular weight is 167 g/mol. The van der Waals surface area contributed by atoms with Crippen LogP contribution in [-0.2, 0) is 4.79 Å². The van der Waals surface area contributed by atoms with E-state index in [0.29, 0.717) is 6.42 Å². The Labute approximate surface area is 74.2 Å². The van der Waals surface area contributed by atoms with Gasteiger partial charge in [-0.15, -0.1) is 0 Å². The van der Waals surface area contributed by atoms with Crippen molar-refractivity contribution in [3.8, 4) is 0 Å². The van der Waals surface area contributed by atoms with Crippen molar-refractivity contribution in [2.24, 2.45) is 0 Å². The van der Waals surface area contributed by atoms with Crippen LogP contribution >= 0.6 is 0 Å². The summed E-state index contributed by atoms with van der Waals surface area (Å²) in [6, 6.07) is 0. The van der Waals surface area contributed by atoms with Gasteiger partial charge in [0.1, 0.15) is 0 Å². The van der Waals surface area contributed by atoms with Gasteiger partial charge in [-0.05, 0) is 34.1 Å². The Morgan fingerprint density at radius 2 is 1.92 bits per heavy atom. The van der Waals surface area contributed by atoms with E-state index in [0.717, 1.165) is 6.42 Å². The molecule has 68 valence electrons. The van der Waals surface area contributed by atoms with Gasteiger partial charge in [-0.1, -0.05) is 6.08 Å². The highest BCUT2D eigenvalue weighted by Gasteiger charge is 2.33. The first kappa shape index (κ1) is 9.30. The van der Waals surface area contributed by atoms with Crippen molar-refractivity contribution in [1.29, 1.82) is 0 Å². The summed E-state index contributed by atoms with van der Waals surface area (Å²) >= 11 is 0. The highest BCUT2D eigenvalue weighted by molar-refractivity contribution is 5.82. The molecule has 0 unspecified atom stereocenters. The normalized spacial score (nSPS) is 22.5. The topological polar surface area (TPSA) is 20.3 Å². The van der Waals surface area contributed by atoms with Gasteiger partial charge in [0.2, 0.25) is 5.91 Å². The fourth-order valence-corrected chi connectivity index (χ4v) is 1.70. The van der Waals surface area contributed by atoms with Crippen LogP contribution in [0.4, 0.5) is 0 Å². The van der Waals surface area contributed by atoms with Crippen molar-refractivity contribution < 1.29 is 4.79 Å². The van der Waals surface area contributed by atoms with Crippen LogP contribution in [0.25, 0.3) is 0 Å². The first-order chi connectivity index (χ1) is 5.46. The third-order valence-corrected chi connectivity index (χ3v) is 2.14. The highest BCUT2D eigenvalue weighted by atomic mass is 16.2. The molecule has 2 heteroatoms. The van der Waals surface area contributed by atoms with Crippen molar-refractivity contribution in [1.82, 2.24) is 4.90 Å². The van der Waals surface area contributed by atoms with Crippen LogP contribution < -0.4 is 0 Å². The van der Waals surface area contributed by atoms with Crippen molar-refractivity contribution in [2.75, 3.05) is 0 Å². The standard InChI is InChI=1S/C10H17NO/c1-5-8-6-7-9(12)11(8)10(2,3)4/h5H,6-7H2,1-4H3/b8-5+. The molecule has 1 fully saturated rings. The number of hydrogen-bond acceptors (Lipinski definition) is 1. The number of allylic oxidation sites excluding steroid dienone is 2. The fourth-order valence-electron chi connectivity index (χ4n) is 1.70. The predicted octanol–water partition coefficient (Wildman–Crippen LogP) is 2.31. The molecule has 2 nitrogen and oxygen atoms in total. The maximum atomic E-state index is 11.5. The van der Waals surface area contributed by atoms with Crippen molar-refractivity contribution in [2.45, 2.75) is 46.1 Å². The molecule has 0 atom stereocenters. The minimum absolute atomic E-state index is 0.0601. The quantitative estimate of drug-likeness (QED) is 0.542. The second-order valence-corrected chi connectivity index (χ2v) is 4.18. The molecule has 0 N–H and O–H groups in total. The van der Waals surface area contributed by atoms with E-state index in [1.54, 1.807) is 0 Å². The predicted molar refractivity (Wildman–Crippen MR) is 49.6 cm³/mol. The minimum Gasteiger partial charge on any atom is -0.311 e. The summed E-state index contributed by atoms with van der Waals surface area (Å²) in [5.74, 6) is 0.260. The molecule has 1 rings (SSSR count). The summed E-state index contributed by atoms with van der Waals surface area (Å²) in [7, 11) is 0. The lowest BCUT2D eigenvalue weighted by Gasteiger charge is -2.32. The van der Waals surface area contributed by atoms with Gasteiger partial charge in [0.25, 0.3) is 0 Å². The van der Waals surface area contributed by atoms with Crippen LogP contribution in [0.2, 0.25) is 0 Å². The van der Waals surface area contributed by atoms with Gasteiger partial charge in [-0.2, -0.15) is 0 Å². The van der Waals surface area contributed by atoms with Crippen LogP contribution in [0, 0.1) is 0 Å². The molecular weight excluding hydrogens is 150 g/mol. The summed E-state index contributed by atoms with van der Waals surface area (Å²) in [5.41, 5.74) is 1.11. The van der Waals surface area contributed by atoms with E-state index < -0.39 is 0 Å². The molecule has 1 heterocycles. The van der Waals surface area contributed by atoms with Gasteiger partial charge >= 0.3 is 0 Å². The number of rotatable bonds is 0. The van der Waals surface area contributed by atoms with E-state index in [2.05, 4.69) is 20.8 Å². The molecule has 1 aliphatic rings. The van der Waals surface area contributed by atoms with Gasteiger partial charge in [-0.3, -0.25) is 4.79 Å². The van der Waals surface area contributed by atoms with Gasteiger partial charge in [0.15, 0.2) is 0 Å². The Morgan fingerprint density at radius 1 is 1.33 bits per heavy atom. The summed E-state index contributed by atoms with van der Waals surface area (Å²) in [4.78, 5) is 13.4. The van der Waals surface area contributed by atoms with E-state index in [1.807, 2.05) is 17.9 Å². The molecule has 1 saturated heterocycles. The zero-order chi connectivity index (χ0) is 9.35. The van der Waals surface area contributed by atoms with Crippen LogP contribution in [-0.4, -0.2) is 16.3 Å². The average Bonchev–Trinajstić information content (AvgIpc) is 2.29. The monoisotopic (exact) mass is 167 g/mol. The highest BCUT2D eigenvalue weighted by Crippen LogP contribution is 2.29. The number of hydrogen-bond donors (Lipinski definition) is 0. The Bertz CT molecular complexity index is 222. The summed E-state index contributed by atoms with van der Waals surface area (Å²) in [6.07, 6.45) is 3.62. The molecule has 0 bridgehead atoms. The maximum Gasteiger partial charge on any atom is 0.227 e. The lowest BCUT2D eigenvalue weighted by molar-refractivity contribution is -0.130. The van der Waals surface area contributed by atoms with E-state index in [-0.39, 0.29) is 11.4 Å². The van der Waals surface area contributed by atoms with E-state index >= 15 is 0 Å². The van der Waals surface area contributed by atoms with E-state index in [9.17, 15) is 4.79 Å². The van der Waals surface area contributed by atoms with E-state index in [4.69, 9.17) is 0 Å². The SMILES string of the molecule is C/C=C1\CCC(=O)N1C(C)(C)C. The van der Waals surface area contributed by atoms with Gasteiger partial charge in [-0.25, -0.2) is 0 Å². The second kappa shape index (κ2) is 2.92. The van der Waals surface area contributed by atoms with Crippen LogP contribution in [0.3, 0.4) is 0 Å². The van der Waals surface area contributed by atoms with Crippen LogP contribution in [0.15, 0.2) is 11.8 Å². The van der Waals surface area contributed by atoms with Gasteiger partial charge in [0, 0.05) is 17.7 Å².